The van der Waals surface area contributed by atoms with E-state index >= 15 is 0 Å². The molecule has 1 unspecified atom stereocenters. The number of likely N-dealkylation sites (tertiary alicyclic amines) is 1. The summed E-state index contributed by atoms with van der Waals surface area (Å²) in [5, 5.41) is 0. The minimum Gasteiger partial charge on any atom is -0.369 e. The minimum absolute atomic E-state index is 0.0685. The van der Waals surface area contributed by atoms with Crippen LogP contribution in [0.3, 0.4) is 0 Å². The van der Waals surface area contributed by atoms with Gasteiger partial charge >= 0.3 is 0 Å². The fourth-order valence-electron chi connectivity index (χ4n) is 6.66. The van der Waals surface area contributed by atoms with Crippen molar-refractivity contribution in [3.8, 4) is 0 Å². The van der Waals surface area contributed by atoms with Crippen LogP contribution in [0, 0.1) is 0 Å². The van der Waals surface area contributed by atoms with Crippen LogP contribution >= 0.6 is 0 Å². The number of benzene rings is 2. The molecule has 1 spiro atoms. The number of hydrogen-bond donors (Lipinski definition) is 0. The lowest BCUT2D eigenvalue weighted by Gasteiger charge is -2.60. The third kappa shape index (κ3) is 1.77. The lowest BCUT2D eigenvalue weighted by atomic mass is 9.51. The van der Waals surface area contributed by atoms with Gasteiger partial charge in [0.15, 0.2) is 0 Å². The lowest BCUT2D eigenvalue weighted by molar-refractivity contribution is -0.124. The molecule has 4 bridgehead atoms. The highest BCUT2D eigenvalue weighted by Gasteiger charge is 2.71. The Hall–Kier alpha value is -1.64. The maximum absolute atomic E-state index is 6.80. The van der Waals surface area contributed by atoms with E-state index in [1.807, 2.05) is 0 Å². The molecule has 0 saturated carbocycles. The Labute approximate surface area is 149 Å². The van der Waals surface area contributed by atoms with Gasteiger partial charge in [0.2, 0.25) is 0 Å². The van der Waals surface area contributed by atoms with E-state index < -0.39 is 0 Å². The van der Waals surface area contributed by atoms with Crippen LogP contribution < -0.4 is 0 Å². The average Bonchev–Trinajstić information content (AvgIpc) is 3.22. The normalized spacial score (nSPS) is 38.4. The van der Waals surface area contributed by atoms with Gasteiger partial charge in [-0.3, -0.25) is 4.90 Å². The largest absolute Gasteiger partial charge is 0.369 e. The summed E-state index contributed by atoms with van der Waals surface area (Å²) in [5.74, 6) is 0. The predicted molar refractivity (Wildman–Crippen MR) is 98.5 cm³/mol. The zero-order chi connectivity index (χ0) is 16.5. The zero-order valence-electron chi connectivity index (χ0n) is 14.7. The van der Waals surface area contributed by atoms with E-state index in [1.165, 1.54) is 37.8 Å². The van der Waals surface area contributed by atoms with E-state index in [9.17, 15) is 0 Å². The fourth-order valence-corrected chi connectivity index (χ4v) is 6.66. The van der Waals surface area contributed by atoms with Gasteiger partial charge < -0.3 is 4.74 Å². The van der Waals surface area contributed by atoms with E-state index in [0.717, 1.165) is 13.0 Å². The van der Waals surface area contributed by atoms with Gasteiger partial charge in [-0.25, -0.2) is 0 Å². The van der Waals surface area contributed by atoms with Gasteiger partial charge in [-0.05, 0) is 55.3 Å². The quantitative estimate of drug-likeness (QED) is 0.822. The van der Waals surface area contributed by atoms with Crippen molar-refractivity contribution in [1.29, 1.82) is 0 Å². The van der Waals surface area contributed by atoms with Gasteiger partial charge in [0.05, 0.1) is 11.7 Å². The van der Waals surface area contributed by atoms with Crippen LogP contribution in [-0.2, 0) is 23.1 Å². The Bertz CT molecular complexity index is 818. The Morgan fingerprint density at radius 1 is 1.00 bits per heavy atom. The van der Waals surface area contributed by atoms with Crippen LogP contribution in [0.1, 0.15) is 42.4 Å². The molecule has 2 heteroatoms. The third-order valence-electron chi connectivity index (χ3n) is 7.58. The van der Waals surface area contributed by atoms with E-state index in [4.69, 9.17) is 4.74 Å². The molecule has 25 heavy (non-hydrogen) atoms. The molecule has 3 saturated heterocycles. The second-order valence-corrected chi connectivity index (χ2v) is 8.54. The monoisotopic (exact) mass is 331 g/mol. The molecule has 4 atom stereocenters. The minimum atomic E-state index is 0.0685. The van der Waals surface area contributed by atoms with Gasteiger partial charge in [0, 0.05) is 18.0 Å². The van der Waals surface area contributed by atoms with Gasteiger partial charge in [0.25, 0.3) is 0 Å². The molecule has 1 aliphatic carbocycles. The first-order valence-electron chi connectivity index (χ1n) is 9.85. The van der Waals surface area contributed by atoms with Crippen LogP contribution in [0.15, 0.2) is 54.6 Å². The Kier molecular flexibility index (Phi) is 2.88. The summed E-state index contributed by atoms with van der Waals surface area (Å²) in [6.45, 7) is 2.26. The fraction of sp³-hybridized carbons (Fsp3) is 0.478. The SMILES string of the molecule is c1ccc(CN2CC[C@]34CC5CC[C@@]3(O5)[C@H]2Cc2ccccc24)cc1. The van der Waals surface area contributed by atoms with Crippen molar-refractivity contribution in [2.45, 2.75) is 61.8 Å². The molecule has 3 heterocycles. The van der Waals surface area contributed by atoms with Crippen molar-refractivity contribution < 1.29 is 4.74 Å². The molecular formula is C23H25NO. The topological polar surface area (TPSA) is 12.5 Å². The van der Waals surface area contributed by atoms with Crippen LogP contribution in [0.25, 0.3) is 0 Å². The van der Waals surface area contributed by atoms with E-state index in [1.54, 1.807) is 11.1 Å². The Morgan fingerprint density at radius 2 is 1.84 bits per heavy atom. The molecule has 0 radical (unpaired) electrons. The van der Waals surface area contributed by atoms with Crippen LogP contribution in [-0.4, -0.2) is 29.2 Å². The number of ether oxygens (including phenoxy) is 1. The number of hydrogen-bond acceptors (Lipinski definition) is 2. The first kappa shape index (κ1) is 14.5. The molecular weight excluding hydrogens is 306 g/mol. The summed E-state index contributed by atoms with van der Waals surface area (Å²) in [6.07, 6.45) is 6.66. The lowest BCUT2D eigenvalue weighted by Crippen LogP contribution is -2.69. The molecule has 2 nitrogen and oxygen atoms in total. The molecule has 3 aliphatic heterocycles. The third-order valence-corrected chi connectivity index (χ3v) is 7.58. The smallest absolute Gasteiger partial charge is 0.0942 e. The summed E-state index contributed by atoms with van der Waals surface area (Å²) >= 11 is 0. The van der Waals surface area contributed by atoms with Crippen LogP contribution in [0.5, 0.6) is 0 Å². The predicted octanol–water partition coefficient (Wildman–Crippen LogP) is 4.08. The molecule has 6 rings (SSSR count). The first-order chi connectivity index (χ1) is 12.3. The molecule has 128 valence electrons. The van der Waals surface area contributed by atoms with Crippen molar-refractivity contribution in [1.82, 2.24) is 4.90 Å². The maximum Gasteiger partial charge on any atom is 0.0942 e. The van der Waals surface area contributed by atoms with Gasteiger partial charge in [-0.2, -0.15) is 0 Å². The van der Waals surface area contributed by atoms with E-state index in [0.29, 0.717) is 12.1 Å². The highest BCUT2D eigenvalue weighted by atomic mass is 16.5. The maximum atomic E-state index is 6.80. The number of fused-ring (bicyclic) bond motifs is 2. The van der Waals surface area contributed by atoms with Crippen molar-refractivity contribution in [3.05, 3.63) is 71.3 Å². The highest BCUT2D eigenvalue weighted by molar-refractivity contribution is 5.47. The molecule has 2 aromatic rings. The average molecular weight is 331 g/mol. The summed E-state index contributed by atoms with van der Waals surface area (Å²) in [6, 6.07) is 20.7. The molecule has 0 N–H and O–H groups in total. The molecule has 4 aliphatic rings. The number of nitrogens with zero attached hydrogens (tertiary/aromatic N) is 1. The summed E-state index contributed by atoms with van der Waals surface area (Å²) < 4.78 is 6.80. The molecule has 0 aromatic heterocycles. The molecule has 3 fully saturated rings. The summed E-state index contributed by atoms with van der Waals surface area (Å²) in [7, 11) is 0. The van der Waals surface area contributed by atoms with Crippen LogP contribution in [0.4, 0.5) is 0 Å². The Balaban J connectivity index is 1.46. The van der Waals surface area contributed by atoms with E-state index in [2.05, 4.69) is 59.5 Å². The first-order valence-corrected chi connectivity index (χ1v) is 9.85. The number of piperidine rings is 1. The molecule has 2 aromatic carbocycles. The second kappa shape index (κ2) is 4.96. The van der Waals surface area contributed by atoms with Crippen molar-refractivity contribution in [2.24, 2.45) is 0 Å². The van der Waals surface area contributed by atoms with Crippen molar-refractivity contribution in [3.63, 3.8) is 0 Å². The van der Waals surface area contributed by atoms with Gasteiger partial charge in [-0.15, -0.1) is 0 Å². The van der Waals surface area contributed by atoms with Gasteiger partial charge in [0.1, 0.15) is 0 Å². The number of rotatable bonds is 2. The van der Waals surface area contributed by atoms with Crippen molar-refractivity contribution >= 4 is 0 Å². The standard InChI is InChI=1S/C23H25NO/c1-2-6-17(7-3-1)16-24-13-12-22-15-19-10-11-23(22,25-19)21(24)14-18-8-4-5-9-20(18)22/h1-9,19,21H,10-16H2/t19?,21-,22-,23-/m1/s1. The zero-order valence-corrected chi connectivity index (χ0v) is 14.7. The van der Waals surface area contributed by atoms with E-state index in [-0.39, 0.29) is 11.0 Å². The Morgan fingerprint density at radius 3 is 2.72 bits per heavy atom. The summed E-state index contributed by atoms with van der Waals surface area (Å²) in [5.41, 5.74) is 4.97. The molecule has 0 amide bonds. The summed E-state index contributed by atoms with van der Waals surface area (Å²) in [4.78, 5) is 2.73. The highest BCUT2D eigenvalue weighted by Crippen LogP contribution is 2.65. The van der Waals surface area contributed by atoms with Gasteiger partial charge in [-0.1, -0.05) is 54.6 Å². The van der Waals surface area contributed by atoms with Crippen LogP contribution in [0.2, 0.25) is 0 Å². The van der Waals surface area contributed by atoms with Crippen molar-refractivity contribution in [2.75, 3.05) is 6.54 Å². The second-order valence-electron chi connectivity index (χ2n) is 8.54.